The molecule has 6 nitrogen and oxygen atoms in total. The van der Waals surface area contributed by atoms with E-state index in [1.165, 1.54) is 6.26 Å². The third-order valence-corrected chi connectivity index (χ3v) is 4.06. The molecule has 1 fully saturated rings. The summed E-state index contributed by atoms with van der Waals surface area (Å²) in [5.74, 6) is -0.0461. The molecular formula is C17H20ClN3O3. The van der Waals surface area contributed by atoms with E-state index in [9.17, 15) is 9.59 Å². The minimum atomic E-state index is -0.369. The number of halogens is 1. The van der Waals surface area contributed by atoms with Crippen molar-refractivity contribution in [1.82, 2.24) is 5.32 Å². The van der Waals surface area contributed by atoms with Crippen LogP contribution in [0.5, 0.6) is 0 Å². The fourth-order valence-electron chi connectivity index (χ4n) is 2.53. The second-order valence-corrected chi connectivity index (χ2v) is 5.95. The molecule has 1 saturated heterocycles. The molecule has 2 amide bonds. The molecule has 128 valence electrons. The van der Waals surface area contributed by atoms with E-state index in [2.05, 4.69) is 16.0 Å². The highest BCUT2D eigenvalue weighted by Crippen LogP contribution is 2.26. The van der Waals surface area contributed by atoms with Crippen LogP contribution >= 0.6 is 12.4 Å². The van der Waals surface area contributed by atoms with Crippen LogP contribution in [0.25, 0.3) is 0 Å². The van der Waals surface area contributed by atoms with Crippen LogP contribution in [0.15, 0.2) is 47.1 Å². The maximum Gasteiger partial charge on any atom is 0.291 e. The number of anilines is 2. The lowest BCUT2D eigenvalue weighted by molar-refractivity contribution is -0.123. The Morgan fingerprint density at radius 2 is 1.79 bits per heavy atom. The van der Waals surface area contributed by atoms with Gasteiger partial charge in [0.1, 0.15) is 0 Å². The average Bonchev–Trinajstić information content (AvgIpc) is 3.21. The highest BCUT2D eigenvalue weighted by Gasteiger charge is 2.36. The Labute approximate surface area is 146 Å². The van der Waals surface area contributed by atoms with Crippen molar-refractivity contribution in [3.05, 3.63) is 48.4 Å². The summed E-state index contributed by atoms with van der Waals surface area (Å²) in [4.78, 5) is 24.2. The summed E-state index contributed by atoms with van der Waals surface area (Å²) in [6, 6.07) is 10.3. The number of hydrogen-bond donors (Lipinski definition) is 3. The minimum absolute atomic E-state index is 0. The second-order valence-electron chi connectivity index (χ2n) is 5.95. The van der Waals surface area contributed by atoms with E-state index in [-0.39, 0.29) is 35.4 Å². The van der Waals surface area contributed by atoms with Crippen molar-refractivity contribution >= 4 is 35.6 Å². The fourth-order valence-corrected chi connectivity index (χ4v) is 2.53. The van der Waals surface area contributed by atoms with Gasteiger partial charge in [0.2, 0.25) is 5.91 Å². The first kappa shape index (κ1) is 18.0. The molecule has 0 saturated carbocycles. The Hall–Kier alpha value is -2.31. The number of carbonyl (C=O) groups is 2. The van der Waals surface area contributed by atoms with Gasteiger partial charge in [-0.05, 0) is 56.3 Å². The lowest BCUT2D eigenvalue weighted by Crippen LogP contribution is -2.35. The standard InChI is InChI=1S/C17H19N3O3.ClH/c1-17(8-9-18-11-17)16(22)20-13-6-4-12(5-7-13)19-15(21)14-3-2-10-23-14;/h2-7,10,18H,8-9,11H2,1H3,(H,19,21)(H,20,22);1H. The van der Waals surface area contributed by atoms with E-state index in [1.807, 2.05) is 6.92 Å². The van der Waals surface area contributed by atoms with Crippen LogP contribution in [-0.4, -0.2) is 24.9 Å². The zero-order chi connectivity index (χ0) is 16.3. The van der Waals surface area contributed by atoms with E-state index in [0.29, 0.717) is 17.9 Å². The first-order valence-corrected chi connectivity index (χ1v) is 7.54. The van der Waals surface area contributed by atoms with Crippen LogP contribution in [-0.2, 0) is 4.79 Å². The molecule has 2 heterocycles. The van der Waals surface area contributed by atoms with E-state index < -0.39 is 0 Å². The Morgan fingerprint density at radius 3 is 2.33 bits per heavy atom. The van der Waals surface area contributed by atoms with Gasteiger partial charge >= 0.3 is 0 Å². The highest BCUT2D eigenvalue weighted by molar-refractivity contribution is 6.02. The molecule has 1 aliphatic heterocycles. The molecule has 24 heavy (non-hydrogen) atoms. The number of carbonyl (C=O) groups excluding carboxylic acids is 2. The molecule has 0 radical (unpaired) electrons. The fraction of sp³-hybridized carbons (Fsp3) is 0.294. The zero-order valence-corrected chi connectivity index (χ0v) is 14.1. The van der Waals surface area contributed by atoms with Gasteiger partial charge in [-0.2, -0.15) is 0 Å². The molecule has 2 aromatic rings. The van der Waals surface area contributed by atoms with Crippen molar-refractivity contribution in [3.8, 4) is 0 Å². The number of furan rings is 1. The van der Waals surface area contributed by atoms with Crippen molar-refractivity contribution in [3.63, 3.8) is 0 Å². The van der Waals surface area contributed by atoms with Crippen LogP contribution in [0.1, 0.15) is 23.9 Å². The van der Waals surface area contributed by atoms with Crippen LogP contribution in [0.2, 0.25) is 0 Å². The normalized spacial score (nSPS) is 19.4. The molecule has 7 heteroatoms. The van der Waals surface area contributed by atoms with Crippen LogP contribution in [0.4, 0.5) is 11.4 Å². The van der Waals surface area contributed by atoms with Gasteiger partial charge in [-0.15, -0.1) is 12.4 Å². The van der Waals surface area contributed by atoms with Crippen LogP contribution in [0, 0.1) is 5.41 Å². The Morgan fingerprint density at radius 1 is 1.12 bits per heavy atom. The van der Waals surface area contributed by atoms with Crippen molar-refractivity contribution in [1.29, 1.82) is 0 Å². The first-order valence-electron chi connectivity index (χ1n) is 7.54. The molecule has 3 rings (SSSR count). The maximum absolute atomic E-state index is 12.3. The Balaban J connectivity index is 0.00000208. The predicted molar refractivity (Wildman–Crippen MR) is 94.6 cm³/mol. The lowest BCUT2D eigenvalue weighted by atomic mass is 9.89. The Kier molecular flexibility index (Phi) is 5.64. The maximum atomic E-state index is 12.3. The molecule has 0 bridgehead atoms. The van der Waals surface area contributed by atoms with Gasteiger partial charge in [-0.1, -0.05) is 0 Å². The number of nitrogens with one attached hydrogen (secondary N) is 3. The van der Waals surface area contributed by atoms with Crippen molar-refractivity contribution in [2.45, 2.75) is 13.3 Å². The quantitative estimate of drug-likeness (QED) is 0.792. The topological polar surface area (TPSA) is 83.4 Å². The van der Waals surface area contributed by atoms with Gasteiger partial charge in [-0.3, -0.25) is 9.59 Å². The van der Waals surface area contributed by atoms with E-state index in [1.54, 1.807) is 36.4 Å². The van der Waals surface area contributed by atoms with Crippen molar-refractivity contribution in [2.24, 2.45) is 5.41 Å². The molecule has 3 N–H and O–H groups in total. The zero-order valence-electron chi connectivity index (χ0n) is 13.3. The minimum Gasteiger partial charge on any atom is -0.459 e. The van der Waals surface area contributed by atoms with E-state index in [0.717, 1.165) is 13.0 Å². The van der Waals surface area contributed by atoms with Crippen LogP contribution < -0.4 is 16.0 Å². The van der Waals surface area contributed by atoms with Gasteiger partial charge < -0.3 is 20.4 Å². The van der Waals surface area contributed by atoms with Crippen molar-refractivity contribution in [2.75, 3.05) is 23.7 Å². The molecule has 1 aromatic carbocycles. The van der Waals surface area contributed by atoms with E-state index in [4.69, 9.17) is 4.42 Å². The number of hydrogen-bond acceptors (Lipinski definition) is 4. The summed E-state index contributed by atoms with van der Waals surface area (Å²) >= 11 is 0. The molecule has 1 aromatic heterocycles. The summed E-state index contributed by atoms with van der Waals surface area (Å²) in [5.41, 5.74) is 0.976. The predicted octanol–water partition coefficient (Wildman–Crippen LogP) is 2.89. The molecule has 1 atom stereocenters. The largest absolute Gasteiger partial charge is 0.459 e. The molecular weight excluding hydrogens is 330 g/mol. The first-order chi connectivity index (χ1) is 11.1. The molecule has 0 spiro atoms. The van der Waals surface area contributed by atoms with Crippen molar-refractivity contribution < 1.29 is 14.0 Å². The highest BCUT2D eigenvalue weighted by atomic mass is 35.5. The summed E-state index contributed by atoms with van der Waals surface area (Å²) < 4.78 is 5.04. The number of rotatable bonds is 4. The third-order valence-electron chi connectivity index (χ3n) is 4.06. The number of benzene rings is 1. The van der Waals surface area contributed by atoms with Crippen LogP contribution in [0.3, 0.4) is 0 Å². The summed E-state index contributed by atoms with van der Waals surface area (Å²) in [6.45, 7) is 3.51. The smallest absolute Gasteiger partial charge is 0.291 e. The van der Waals surface area contributed by atoms with Gasteiger partial charge in [0.15, 0.2) is 5.76 Å². The monoisotopic (exact) mass is 349 g/mol. The SMILES string of the molecule is CC1(C(=O)Nc2ccc(NC(=O)c3ccco3)cc2)CCNC1.Cl. The van der Waals surface area contributed by atoms with Gasteiger partial charge in [0.25, 0.3) is 5.91 Å². The number of amides is 2. The molecule has 1 aliphatic rings. The lowest BCUT2D eigenvalue weighted by Gasteiger charge is -2.21. The van der Waals surface area contributed by atoms with Gasteiger partial charge in [0.05, 0.1) is 11.7 Å². The van der Waals surface area contributed by atoms with Gasteiger partial charge in [-0.25, -0.2) is 0 Å². The van der Waals surface area contributed by atoms with Gasteiger partial charge in [0, 0.05) is 17.9 Å². The third kappa shape index (κ3) is 3.96. The summed E-state index contributed by atoms with van der Waals surface area (Å²) in [6.07, 6.45) is 2.28. The van der Waals surface area contributed by atoms with E-state index >= 15 is 0 Å². The molecule has 1 unspecified atom stereocenters. The second kappa shape index (κ2) is 7.51. The molecule has 0 aliphatic carbocycles. The Bertz CT molecular complexity index is 692. The average molecular weight is 350 g/mol. The summed E-state index contributed by atoms with van der Waals surface area (Å²) in [5, 5.41) is 8.86. The summed E-state index contributed by atoms with van der Waals surface area (Å²) in [7, 11) is 0.